The number of carbonyl (C=O) groups excluding carboxylic acids is 2. The number of rotatable bonds is 4. The van der Waals surface area contributed by atoms with E-state index in [0.717, 1.165) is 13.2 Å². The second kappa shape index (κ2) is 6.11. The molecule has 0 aliphatic heterocycles. The summed E-state index contributed by atoms with van der Waals surface area (Å²) in [6, 6.07) is 2.79. The zero-order valence-corrected chi connectivity index (χ0v) is 10.1. The van der Waals surface area contributed by atoms with E-state index >= 15 is 0 Å². The van der Waals surface area contributed by atoms with Crippen LogP contribution in [0.2, 0.25) is 0 Å². The number of halogens is 1. The summed E-state index contributed by atoms with van der Waals surface area (Å²) in [6.45, 7) is 0.981. The van der Waals surface area contributed by atoms with Crippen LogP contribution < -0.4 is 5.32 Å². The highest BCUT2D eigenvalue weighted by atomic mass is 19.1. The summed E-state index contributed by atoms with van der Waals surface area (Å²) < 4.78 is 17.7. The zero-order chi connectivity index (χ0) is 13.7. The van der Waals surface area contributed by atoms with Crippen molar-refractivity contribution < 1.29 is 23.8 Å². The predicted octanol–water partition coefficient (Wildman–Crippen LogP) is 0.398. The fraction of sp³-hybridized carbons (Fsp3) is 0.333. The largest absolute Gasteiger partial charge is 0.467 e. The molecule has 0 radical (unpaired) electrons. The standard InChI is InChI=1S/C12H14FNO4/c1-7-3-4-8(5-9(7)13)11(16)14-10(6-15)12(17)18-2/h3-5,10,15H,6H2,1-2H3,(H,14,16)/t10-/m0/s1. The number of ether oxygens (including phenoxy) is 1. The smallest absolute Gasteiger partial charge is 0.330 e. The van der Waals surface area contributed by atoms with Gasteiger partial charge in [-0.05, 0) is 24.6 Å². The third kappa shape index (κ3) is 3.27. The summed E-state index contributed by atoms with van der Waals surface area (Å²) in [5, 5.41) is 11.2. The average molecular weight is 255 g/mol. The van der Waals surface area contributed by atoms with Gasteiger partial charge >= 0.3 is 5.97 Å². The lowest BCUT2D eigenvalue weighted by Gasteiger charge is -2.13. The van der Waals surface area contributed by atoms with E-state index in [2.05, 4.69) is 10.1 Å². The average Bonchev–Trinajstić information content (AvgIpc) is 2.37. The molecule has 0 aliphatic rings. The van der Waals surface area contributed by atoms with E-state index in [1.54, 1.807) is 6.92 Å². The van der Waals surface area contributed by atoms with Crippen molar-refractivity contribution in [2.75, 3.05) is 13.7 Å². The molecule has 0 unspecified atom stereocenters. The Morgan fingerprint density at radius 2 is 2.17 bits per heavy atom. The first-order valence-electron chi connectivity index (χ1n) is 5.25. The molecular weight excluding hydrogens is 241 g/mol. The predicted molar refractivity (Wildman–Crippen MR) is 61.5 cm³/mol. The van der Waals surface area contributed by atoms with E-state index in [1.807, 2.05) is 0 Å². The molecule has 2 N–H and O–H groups in total. The van der Waals surface area contributed by atoms with Crippen molar-refractivity contribution in [1.82, 2.24) is 5.32 Å². The van der Waals surface area contributed by atoms with Crippen molar-refractivity contribution in [2.24, 2.45) is 0 Å². The van der Waals surface area contributed by atoms with Crippen molar-refractivity contribution in [3.8, 4) is 0 Å². The fourth-order valence-electron chi connectivity index (χ4n) is 1.30. The maximum absolute atomic E-state index is 13.3. The number of aliphatic hydroxyl groups excluding tert-OH is 1. The van der Waals surface area contributed by atoms with E-state index in [-0.39, 0.29) is 5.56 Å². The third-order valence-electron chi connectivity index (χ3n) is 2.41. The minimum absolute atomic E-state index is 0.0699. The van der Waals surface area contributed by atoms with Gasteiger partial charge in [-0.15, -0.1) is 0 Å². The molecule has 1 rings (SSSR count). The van der Waals surface area contributed by atoms with Crippen LogP contribution in [0, 0.1) is 12.7 Å². The number of benzene rings is 1. The minimum Gasteiger partial charge on any atom is -0.467 e. The highest BCUT2D eigenvalue weighted by molar-refractivity contribution is 5.96. The minimum atomic E-state index is -1.16. The van der Waals surface area contributed by atoms with Gasteiger partial charge in [-0.1, -0.05) is 6.07 Å². The Morgan fingerprint density at radius 1 is 1.50 bits per heavy atom. The van der Waals surface area contributed by atoms with Crippen LogP contribution >= 0.6 is 0 Å². The maximum atomic E-state index is 13.3. The molecule has 5 nitrogen and oxygen atoms in total. The van der Waals surface area contributed by atoms with Crippen molar-refractivity contribution in [2.45, 2.75) is 13.0 Å². The molecule has 0 aromatic heterocycles. The van der Waals surface area contributed by atoms with E-state index in [9.17, 15) is 14.0 Å². The summed E-state index contributed by atoms with van der Waals surface area (Å²) in [5.74, 6) is -1.93. The number of aryl methyl sites for hydroxylation is 1. The Morgan fingerprint density at radius 3 is 2.67 bits per heavy atom. The lowest BCUT2D eigenvalue weighted by atomic mass is 10.1. The second-order valence-electron chi connectivity index (χ2n) is 3.70. The number of nitrogens with one attached hydrogen (secondary N) is 1. The molecule has 1 amide bonds. The van der Waals surface area contributed by atoms with Gasteiger partial charge in [-0.3, -0.25) is 4.79 Å². The summed E-state index contributed by atoms with van der Waals surface area (Å²) in [5.41, 5.74) is 0.485. The molecule has 0 fully saturated rings. The van der Waals surface area contributed by atoms with Crippen LogP contribution in [-0.4, -0.2) is 36.7 Å². The highest BCUT2D eigenvalue weighted by Gasteiger charge is 2.21. The first-order valence-corrected chi connectivity index (χ1v) is 5.25. The number of aliphatic hydroxyl groups is 1. The number of esters is 1. The second-order valence-corrected chi connectivity index (χ2v) is 3.70. The van der Waals surface area contributed by atoms with Gasteiger partial charge < -0.3 is 15.2 Å². The van der Waals surface area contributed by atoms with Crippen LogP contribution in [0.15, 0.2) is 18.2 Å². The Labute approximate surface area is 104 Å². The monoisotopic (exact) mass is 255 g/mol. The Balaban J connectivity index is 2.81. The van der Waals surface area contributed by atoms with Gasteiger partial charge in [-0.2, -0.15) is 0 Å². The van der Waals surface area contributed by atoms with Crippen LogP contribution in [0.4, 0.5) is 4.39 Å². The molecule has 0 bridgehead atoms. The Bertz CT molecular complexity index is 461. The van der Waals surface area contributed by atoms with Gasteiger partial charge in [0.15, 0.2) is 6.04 Å². The molecule has 98 valence electrons. The Hall–Kier alpha value is -1.95. The molecule has 6 heteroatoms. The SMILES string of the molecule is COC(=O)[C@H](CO)NC(=O)c1ccc(C)c(F)c1. The fourth-order valence-corrected chi connectivity index (χ4v) is 1.30. The number of carbonyl (C=O) groups is 2. The first-order chi connectivity index (χ1) is 8.49. The summed E-state index contributed by atoms with van der Waals surface area (Å²) >= 11 is 0. The lowest BCUT2D eigenvalue weighted by molar-refractivity contribution is -0.143. The quantitative estimate of drug-likeness (QED) is 0.763. The van der Waals surface area contributed by atoms with E-state index in [1.165, 1.54) is 12.1 Å². The summed E-state index contributed by atoms with van der Waals surface area (Å²) in [6.07, 6.45) is 0. The number of hydrogen-bond acceptors (Lipinski definition) is 4. The molecular formula is C12H14FNO4. The van der Waals surface area contributed by atoms with Crippen molar-refractivity contribution in [3.63, 3.8) is 0 Å². The molecule has 1 aromatic carbocycles. The van der Waals surface area contributed by atoms with Crippen LogP contribution in [0.25, 0.3) is 0 Å². The van der Waals surface area contributed by atoms with Crippen molar-refractivity contribution >= 4 is 11.9 Å². The van der Waals surface area contributed by atoms with Gasteiger partial charge in [0, 0.05) is 5.56 Å². The van der Waals surface area contributed by atoms with Crippen LogP contribution in [0.5, 0.6) is 0 Å². The van der Waals surface area contributed by atoms with E-state index in [4.69, 9.17) is 5.11 Å². The highest BCUT2D eigenvalue weighted by Crippen LogP contribution is 2.09. The van der Waals surface area contributed by atoms with Crippen LogP contribution in [-0.2, 0) is 9.53 Å². The third-order valence-corrected chi connectivity index (χ3v) is 2.41. The molecule has 0 spiro atoms. The first kappa shape index (κ1) is 14.1. The zero-order valence-electron chi connectivity index (χ0n) is 10.1. The van der Waals surface area contributed by atoms with Gasteiger partial charge in [0.25, 0.3) is 5.91 Å². The normalized spacial score (nSPS) is 11.8. The summed E-state index contributed by atoms with van der Waals surface area (Å²) in [4.78, 5) is 22.9. The van der Waals surface area contributed by atoms with E-state index < -0.39 is 30.3 Å². The molecule has 1 atom stereocenters. The number of methoxy groups -OCH3 is 1. The molecule has 0 heterocycles. The molecule has 0 saturated carbocycles. The lowest BCUT2D eigenvalue weighted by Crippen LogP contribution is -2.44. The molecule has 0 aliphatic carbocycles. The van der Waals surface area contributed by atoms with Gasteiger partial charge in [0.05, 0.1) is 13.7 Å². The molecule has 1 aromatic rings. The van der Waals surface area contributed by atoms with Gasteiger partial charge in [0.2, 0.25) is 0 Å². The van der Waals surface area contributed by atoms with Crippen molar-refractivity contribution in [1.29, 1.82) is 0 Å². The molecule has 18 heavy (non-hydrogen) atoms. The van der Waals surface area contributed by atoms with Crippen LogP contribution in [0.3, 0.4) is 0 Å². The topological polar surface area (TPSA) is 75.6 Å². The number of amides is 1. The molecule has 0 saturated heterocycles. The van der Waals surface area contributed by atoms with Crippen molar-refractivity contribution in [3.05, 3.63) is 35.1 Å². The number of hydrogen-bond donors (Lipinski definition) is 2. The maximum Gasteiger partial charge on any atom is 0.330 e. The summed E-state index contributed by atoms with van der Waals surface area (Å²) in [7, 11) is 1.14. The van der Waals surface area contributed by atoms with E-state index in [0.29, 0.717) is 5.56 Å². The van der Waals surface area contributed by atoms with Gasteiger partial charge in [-0.25, -0.2) is 9.18 Å². The Kier molecular flexibility index (Phi) is 4.79. The van der Waals surface area contributed by atoms with Gasteiger partial charge in [0.1, 0.15) is 5.82 Å². The van der Waals surface area contributed by atoms with Crippen LogP contribution in [0.1, 0.15) is 15.9 Å².